The minimum Gasteiger partial charge on any atom is -0.379 e. The van der Waals surface area contributed by atoms with Crippen molar-refractivity contribution >= 4 is 6.08 Å². The van der Waals surface area contributed by atoms with Crippen molar-refractivity contribution in [1.29, 1.82) is 0 Å². The Bertz CT molecular complexity index is 1070. The van der Waals surface area contributed by atoms with Crippen LogP contribution in [-0.4, -0.2) is 17.7 Å². The largest absolute Gasteiger partial charge is 0.379 e. The molecule has 0 bridgehead atoms. The molecule has 2 aromatic carbocycles. The van der Waals surface area contributed by atoms with Crippen molar-refractivity contribution in [3.63, 3.8) is 0 Å². The molecule has 1 heterocycles. The summed E-state index contributed by atoms with van der Waals surface area (Å²) in [5.74, 6) is -0.190. The Morgan fingerprint density at radius 1 is 0.943 bits per heavy atom. The third kappa shape index (κ3) is 8.60. The van der Waals surface area contributed by atoms with Crippen LogP contribution in [0.2, 0.25) is 0 Å². The number of ether oxygens (including phenoxy) is 1. The van der Waals surface area contributed by atoms with Crippen molar-refractivity contribution in [3.05, 3.63) is 96.6 Å². The summed E-state index contributed by atoms with van der Waals surface area (Å²) in [4.78, 5) is 4.60. The van der Waals surface area contributed by atoms with E-state index in [-0.39, 0.29) is 5.82 Å². The molecule has 0 amide bonds. The van der Waals surface area contributed by atoms with Crippen LogP contribution in [0.15, 0.2) is 79.5 Å². The molecule has 2 nitrogen and oxygen atoms in total. The second-order valence-electron chi connectivity index (χ2n) is 9.07. The lowest BCUT2D eigenvalue weighted by Gasteiger charge is -2.11. The quantitative estimate of drug-likeness (QED) is 0.173. The standard InChI is InChI=1S/C32H38FNO/c1-4-6-10-22-35-25(3)12-8-7-9-13-31-21-20-30(24-34-31)27-16-14-26(15-17-27)29-19-18-28(11-5-2)32(33)23-29/h5,9,13-21,23-25H,2,4,6-8,10-12,22H2,1,3H3. The number of pyridine rings is 1. The fraction of sp³-hybridized carbons (Fsp3) is 0.344. The molecule has 35 heavy (non-hydrogen) atoms. The van der Waals surface area contributed by atoms with Gasteiger partial charge in [0.25, 0.3) is 0 Å². The van der Waals surface area contributed by atoms with E-state index in [1.54, 1.807) is 12.1 Å². The van der Waals surface area contributed by atoms with Crippen molar-refractivity contribution in [3.8, 4) is 22.3 Å². The Labute approximate surface area is 210 Å². The highest BCUT2D eigenvalue weighted by atomic mass is 19.1. The summed E-state index contributed by atoms with van der Waals surface area (Å²) in [6.07, 6.45) is 15.7. The Kier molecular flexibility index (Phi) is 10.9. The molecule has 0 N–H and O–H groups in total. The minimum atomic E-state index is -0.190. The molecule has 3 aromatic rings. The van der Waals surface area contributed by atoms with Crippen LogP contribution in [0.5, 0.6) is 0 Å². The van der Waals surface area contributed by atoms with Crippen molar-refractivity contribution in [2.75, 3.05) is 6.61 Å². The number of allylic oxidation sites excluding steroid dienone is 2. The van der Waals surface area contributed by atoms with Gasteiger partial charge in [0.2, 0.25) is 0 Å². The summed E-state index contributed by atoms with van der Waals surface area (Å²) < 4.78 is 20.1. The summed E-state index contributed by atoms with van der Waals surface area (Å²) in [7, 11) is 0. The van der Waals surface area contributed by atoms with E-state index in [0.717, 1.165) is 60.2 Å². The van der Waals surface area contributed by atoms with Crippen LogP contribution < -0.4 is 0 Å². The molecule has 1 aromatic heterocycles. The zero-order valence-electron chi connectivity index (χ0n) is 21.2. The first-order valence-electron chi connectivity index (χ1n) is 12.8. The fourth-order valence-corrected chi connectivity index (χ4v) is 4.02. The highest BCUT2D eigenvalue weighted by Gasteiger charge is 2.06. The lowest BCUT2D eigenvalue weighted by molar-refractivity contribution is 0.0566. The van der Waals surface area contributed by atoms with E-state index in [0.29, 0.717) is 18.1 Å². The van der Waals surface area contributed by atoms with Gasteiger partial charge in [-0.25, -0.2) is 4.39 Å². The summed E-state index contributed by atoms with van der Waals surface area (Å²) >= 11 is 0. The first kappa shape index (κ1) is 26.6. The van der Waals surface area contributed by atoms with Crippen LogP contribution in [0, 0.1) is 5.82 Å². The van der Waals surface area contributed by atoms with Gasteiger partial charge in [-0.2, -0.15) is 0 Å². The van der Waals surface area contributed by atoms with Crippen LogP contribution in [0.3, 0.4) is 0 Å². The maximum atomic E-state index is 14.3. The second kappa shape index (κ2) is 14.4. The van der Waals surface area contributed by atoms with Gasteiger partial charge in [0.15, 0.2) is 0 Å². The van der Waals surface area contributed by atoms with Crippen LogP contribution in [0.4, 0.5) is 4.39 Å². The number of hydrogen-bond acceptors (Lipinski definition) is 2. The summed E-state index contributed by atoms with van der Waals surface area (Å²) in [6.45, 7) is 8.94. The molecule has 0 aliphatic rings. The van der Waals surface area contributed by atoms with Crippen LogP contribution in [0.25, 0.3) is 28.3 Å². The number of aromatic nitrogens is 1. The number of nitrogens with zero attached hydrogens (tertiary/aromatic N) is 1. The molecule has 0 aliphatic carbocycles. The Morgan fingerprint density at radius 2 is 1.66 bits per heavy atom. The number of rotatable bonds is 14. The second-order valence-corrected chi connectivity index (χ2v) is 9.07. The Balaban J connectivity index is 1.49. The molecular weight excluding hydrogens is 433 g/mol. The maximum Gasteiger partial charge on any atom is 0.127 e. The molecule has 0 spiro atoms. The molecule has 1 unspecified atom stereocenters. The zero-order chi connectivity index (χ0) is 24.9. The number of hydrogen-bond donors (Lipinski definition) is 0. The van der Waals surface area contributed by atoms with E-state index in [1.165, 1.54) is 12.8 Å². The lowest BCUT2D eigenvalue weighted by Crippen LogP contribution is -2.08. The van der Waals surface area contributed by atoms with Crippen LogP contribution in [0.1, 0.15) is 63.6 Å². The van der Waals surface area contributed by atoms with Gasteiger partial charge in [0, 0.05) is 18.4 Å². The van der Waals surface area contributed by atoms with E-state index < -0.39 is 0 Å². The van der Waals surface area contributed by atoms with E-state index >= 15 is 0 Å². The highest BCUT2D eigenvalue weighted by molar-refractivity contribution is 5.70. The third-order valence-corrected chi connectivity index (χ3v) is 6.18. The molecule has 0 saturated carbocycles. The SMILES string of the molecule is C=CCc1ccc(-c2ccc(-c3ccc(C=CCCCC(C)OCCCCC)nc3)cc2)cc1F. The molecule has 3 heteroatoms. The molecule has 1 atom stereocenters. The van der Waals surface area contributed by atoms with Gasteiger partial charge >= 0.3 is 0 Å². The number of benzene rings is 2. The average Bonchev–Trinajstić information content (AvgIpc) is 2.88. The first-order valence-corrected chi connectivity index (χ1v) is 12.8. The topological polar surface area (TPSA) is 22.1 Å². The zero-order valence-corrected chi connectivity index (χ0v) is 21.2. The highest BCUT2D eigenvalue weighted by Crippen LogP contribution is 2.26. The van der Waals surface area contributed by atoms with Gasteiger partial charge in [-0.1, -0.05) is 74.4 Å². The summed E-state index contributed by atoms with van der Waals surface area (Å²) in [5, 5.41) is 0. The van der Waals surface area contributed by atoms with Crippen molar-refractivity contribution in [2.24, 2.45) is 0 Å². The molecule has 0 fully saturated rings. The maximum absolute atomic E-state index is 14.3. The Hall–Kier alpha value is -3.04. The van der Waals surface area contributed by atoms with E-state index in [1.807, 2.05) is 36.5 Å². The molecule has 3 rings (SSSR count). The Morgan fingerprint density at radius 3 is 2.31 bits per heavy atom. The number of halogens is 1. The van der Waals surface area contributed by atoms with Gasteiger partial charge < -0.3 is 4.74 Å². The van der Waals surface area contributed by atoms with Crippen LogP contribution in [-0.2, 0) is 11.2 Å². The van der Waals surface area contributed by atoms with Gasteiger partial charge in [0.1, 0.15) is 5.82 Å². The fourth-order valence-electron chi connectivity index (χ4n) is 4.02. The molecule has 0 aliphatic heterocycles. The van der Waals surface area contributed by atoms with Gasteiger partial charge in [-0.15, -0.1) is 6.58 Å². The molecule has 0 radical (unpaired) electrons. The van der Waals surface area contributed by atoms with Gasteiger partial charge in [-0.05, 0) is 79.5 Å². The van der Waals surface area contributed by atoms with Crippen molar-refractivity contribution < 1.29 is 9.13 Å². The molecular formula is C32H38FNO. The van der Waals surface area contributed by atoms with Crippen molar-refractivity contribution in [1.82, 2.24) is 4.98 Å². The van der Waals surface area contributed by atoms with Gasteiger partial charge in [-0.3, -0.25) is 4.98 Å². The molecule has 184 valence electrons. The monoisotopic (exact) mass is 471 g/mol. The number of unbranched alkanes of at least 4 members (excludes halogenated alkanes) is 3. The predicted octanol–water partition coefficient (Wildman–Crippen LogP) is 9.06. The summed E-state index contributed by atoms with van der Waals surface area (Å²) in [6, 6.07) is 17.7. The predicted molar refractivity (Wildman–Crippen MR) is 147 cm³/mol. The minimum absolute atomic E-state index is 0.190. The average molecular weight is 472 g/mol. The first-order chi connectivity index (χ1) is 17.1. The van der Waals surface area contributed by atoms with Crippen molar-refractivity contribution in [2.45, 2.75) is 64.9 Å². The van der Waals surface area contributed by atoms with E-state index in [2.05, 4.69) is 55.8 Å². The molecule has 0 saturated heterocycles. The van der Waals surface area contributed by atoms with E-state index in [4.69, 9.17) is 4.74 Å². The smallest absolute Gasteiger partial charge is 0.127 e. The van der Waals surface area contributed by atoms with Gasteiger partial charge in [0.05, 0.1) is 11.8 Å². The lowest BCUT2D eigenvalue weighted by atomic mass is 9.99. The summed E-state index contributed by atoms with van der Waals surface area (Å²) in [5.41, 5.74) is 5.65. The third-order valence-electron chi connectivity index (χ3n) is 6.18. The van der Waals surface area contributed by atoms with Crippen LogP contribution >= 0.6 is 0 Å². The normalized spacial score (nSPS) is 12.2. The van der Waals surface area contributed by atoms with E-state index in [9.17, 15) is 4.39 Å².